The van der Waals surface area contributed by atoms with E-state index in [4.69, 9.17) is 0 Å². The van der Waals surface area contributed by atoms with Gasteiger partial charge in [-0.25, -0.2) is 8.78 Å². The Morgan fingerprint density at radius 1 is 0.958 bits per heavy atom. The van der Waals surface area contributed by atoms with Gasteiger partial charge >= 0.3 is 0 Å². The largest absolute Gasteiger partial charge is 0.301 e. The summed E-state index contributed by atoms with van der Waals surface area (Å²) in [6.45, 7) is 12.8. The van der Waals surface area contributed by atoms with Crippen molar-refractivity contribution in [1.29, 1.82) is 0 Å². The Hall–Kier alpha value is -1.04. The Bertz CT molecular complexity index is 554. The molecule has 0 radical (unpaired) electrons. The van der Waals surface area contributed by atoms with Crippen LogP contribution in [0.5, 0.6) is 0 Å². The van der Waals surface area contributed by atoms with E-state index in [1.165, 1.54) is 6.07 Å². The highest BCUT2D eigenvalue weighted by Crippen LogP contribution is 2.23. The first kappa shape index (κ1) is 17.8. The molecule has 134 valence electrons. The lowest BCUT2D eigenvalue weighted by Gasteiger charge is -2.37. The van der Waals surface area contributed by atoms with Gasteiger partial charge in [0, 0.05) is 51.4 Å². The highest BCUT2D eigenvalue weighted by Gasteiger charge is 2.21. The molecule has 5 heteroatoms. The van der Waals surface area contributed by atoms with Crippen LogP contribution in [-0.4, -0.2) is 66.6 Å². The zero-order valence-electron chi connectivity index (χ0n) is 14.9. The summed E-state index contributed by atoms with van der Waals surface area (Å²) in [6, 6.07) is 3.14. The van der Waals surface area contributed by atoms with E-state index in [0.29, 0.717) is 24.6 Å². The monoisotopic (exact) mass is 337 g/mol. The maximum absolute atomic E-state index is 13.8. The molecule has 0 amide bonds. The number of piperazine rings is 1. The van der Waals surface area contributed by atoms with Crippen LogP contribution in [0.4, 0.5) is 8.78 Å². The molecule has 1 aromatic carbocycles. The smallest absolute Gasteiger partial charge is 0.129 e. The molecule has 2 heterocycles. The van der Waals surface area contributed by atoms with Crippen molar-refractivity contribution in [3.8, 4) is 0 Å². The predicted octanol–water partition coefficient (Wildman–Crippen LogP) is 2.74. The Balaban J connectivity index is 1.42. The van der Waals surface area contributed by atoms with Gasteiger partial charge in [-0.15, -0.1) is 0 Å². The fourth-order valence-electron chi connectivity index (χ4n) is 3.88. The Kier molecular flexibility index (Phi) is 5.85. The van der Waals surface area contributed by atoms with Gasteiger partial charge in [-0.05, 0) is 57.0 Å². The van der Waals surface area contributed by atoms with Gasteiger partial charge in [-0.2, -0.15) is 0 Å². The number of benzene rings is 1. The van der Waals surface area contributed by atoms with Crippen LogP contribution in [0.2, 0.25) is 0 Å². The van der Waals surface area contributed by atoms with Crippen molar-refractivity contribution in [1.82, 2.24) is 14.7 Å². The zero-order chi connectivity index (χ0) is 17.1. The molecule has 1 fully saturated rings. The number of fused-ring (bicyclic) bond motifs is 1. The predicted molar refractivity (Wildman–Crippen MR) is 93.1 cm³/mol. The van der Waals surface area contributed by atoms with Crippen molar-refractivity contribution in [3.05, 3.63) is 34.9 Å². The summed E-state index contributed by atoms with van der Waals surface area (Å²) >= 11 is 0. The van der Waals surface area contributed by atoms with E-state index in [9.17, 15) is 8.78 Å². The lowest BCUT2D eigenvalue weighted by atomic mass is 9.99. The van der Waals surface area contributed by atoms with Gasteiger partial charge in [-0.3, -0.25) is 9.80 Å². The molecule has 0 atom stereocenters. The Morgan fingerprint density at radius 3 is 2.38 bits per heavy atom. The molecule has 0 aliphatic carbocycles. The minimum Gasteiger partial charge on any atom is -0.301 e. The van der Waals surface area contributed by atoms with Crippen LogP contribution in [0.3, 0.4) is 0 Å². The molecule has 3 rings (SSSR count). The molecule has 0 N–H and O–H groups in total. The second kappa shape index (κ2) is 7.89. The lowest BCUT2D eigenvalue weighted by molar-refractivity contribution is 0.104. The van der Waals surface area contributed by atoms with Gasteiger partial charge in [0.15, 0.2) is 0 Å². The summed E-state index contributed by atoms with van der Waals surface area (Å²) in [5.74, 6) is -0.844. The molecule has 0 aromatic heterocycles. The summed E-state index contributed by atoms with van der Waals surface area (Å²) in [4.78, 5) is 7.39. The highest BCUT2D eigenvalue weighted by atomic mass is 19.1. The van der Waals surface area contributed by atoms with E-state index in [-0.39, 0.29) is 5.82 Å². The van der Waals surface area contributed by atoms with Crippen LogP contribution in [-0.2, 0) is 13.0 Å². The molecule has 0 bridgehead atoms. The van der Waals surface area contributed by atoms with Crippen LogP contribution in [0, 0.1) is 11.6 Å². The molecule has 2 aliphatic rings. The summed E-state index contributed by atoms with van der Waals surface area (Å²) < 4.78 is 27.2. The second-order valence-electron chi connectivity index (χ2n) is 7.38. The number of hydrogen-bond acceptors (Lipinski definition) is 3. The first-order valence-corrected chi connectivity index (χ1v) is 9.18. The number of hydrogen-bond donors (Lipinski definition) is 0. The highest BCUT2D eigenvalue weighted by molar-refractivity contribution is 5.31. The normalized spacial score (nSPS) is 20.5. The second-order valence-corrected chi connectivity index (χ2v) is 7.38. The van der Waals surface area contributed by atoms with E-state index < -0.39 is 5.82 Å². The fourth-order valence-corrected chi connectivity index (χ4v) is 3.88. The van der Waals surface area contributed by atoms with Crippen molar-refractivity contribution in [2.45, 2.75) is 39.3 Å². The van der Waals surface area contributed by atoms with Crippen molar-refractivity contribution >= 4 is 0 Å². The molecule has 0 unspecified atom stereocenters. The fraction of sp³-hybridized carbons (Fsp3) is 0.684. The molecule has 1 aromatic rings. The molecule has 24 heavy (non-hydrogen) atoms. The van der Waals surface area contributed by atoms with Crippen molar-refractivity contribution in [2.24, 2.45) is 0 Å². The Morgan fingerprint density at radius 2 is 1.67 bits per heavy atom. The molecule has 0 spiro atoms. The summed E-state index contributed by atoms with van der Waals surface area (Å²) in [6.07, 6.45) is 1.81. The quantitative estimate of drug-likeness (QED) is 0.818. The molecular formula is C19H29F2N3. The average Bonchev–Trinajstić information content (AvgIpc) is 2.55. The molecular weight excluding hydrogens is 308 g/mol. The van der Waals surface area contributed by atoms with Crippen molar-refractivity contribution < 1.29 is 8.78 Å². The van der Waals surface area contributed by atoms with Gasteiger partial charge in [0.1, 0.15) is 11.6 Å². The minimum atomic E-state index is -0.462. The minimum absolute atomic E-state index is 0.382. The van der Waals surface area contributed by atoms with E-state index >= 15 is 0 Å². The topological polar surface area (TPSA) is 9.72 Å². The van der Waals surface area contributed by atoms with E-state index in [1.54, 1.807) is 0 Å². The van der Waals surface area contributed by atoms with Crippen LogP contribution < -0.4 is 0 Å². The standard InChI is InChI=1S/C19H29F2N3/c1-15(2)24-10-8-22(9-11-24)5-3-6-23-7-4-18-16(14-23)12-17(20)13-19(18)21/h12-13,15H,3-11,14H2,1-2H3. The van der Waals surface area contributed by atoms with Gasteiger partial charge in [0.05, 0.1) is 0 Å². The number of nitrogens with zero attached hydrogens (tertiary/aromatic N) is 3. The van der Waals surface area contributed by atoms with Crippen LogP contribution in [0.1, 0.15) is 31.4 Å². The SMILES string of the molecule is CC(C)N1CCN(CCCN2CCc3c(F)cc(F)cc3C2)CC1. The van der Waals surface area contributed by atoms with Gasteiger partial charge in [-0.1, -0.05) is 0 Å². The van der Waals surface area contributed by atoms with Gasteiger partial charge < -0.3 is 4.90 Å². The summed E-state index contributed by atoms with van der Waals surface area (Å²) in [5, 5.41) is 0. The Labute approximate surface area is 144 Å². The molecule has 2 aliphatic heterocycles. The molecule has 3 nitrogen and oxygen atoms in total. The van der Waals surface area contributed by atoms with Gasteiger partial charge in [0.25, 0.3) is 0 Å². The summed E-state index contributed by atoms with van der Waals surface area (Å²) in [7, 11) is 0. The van der Waals surface area contributed by atoms with Crippen LogP contribution >= 0.6 is 0 Å². The third-order valence-electron chi connectivity index (χ3n) is 5.41. The van der Waals surface area contributed by atoms with Crippen LogP contribution in [0.15, 0.2) is 12.1 Å². The van der Waals surface area contributed by atoms with Crippen LogP contribution in [0.25, 0.3) is 0 Å². The lowest BCUT2D eigenvalue weighted by Crippen LogP contribution is -2.49. The number of halogens is 2. The first-order chi connectivity index (χ1) is 11.5. The van der Waals surface area contributed by atoms with E-state index in [2.05, 4.69) is 28.5 Å². The average molecular weight is 337 g/mol. The third kappa shape index (κ3) is 4.32. The zero-order valence-corrected chi connectivity index (χ0v) is 14.9. The maximum Gasteiger partial charge on any atom is 0.129 e. The van der Waals surface area contributed by atoms with Crippen molar-refractivity contribution in [2.75, 3.05) is 45.8 Å². The van der Waals surface area contributed by atoms with E-state index in [1.807, 2.05) is 0 Å². The number of rotatable bonds is 5. The first-order valence-electron chi connectivity index (χ1n) is 9.18. The van der Waals surface area contributed by atoms with E-state index in [0.717, 1.165) is 63.9 Å². The van der Waals surface area contributed by atoms with Crippen molar-refractivity contribution in [3.63, 3.8) is 0 Å². The maximum atomic E-state index is 13.8. The summed E-state index contributed by atoms with van der Waals surface area (Å²) in [5.41, 5.74) is 1.53. The molecule has 1 saturated heterocycles. The van der Waals surface area contributed by atoms with Gasteiger partial charge in [0.2, 0.25) is 0 Å². The third-order valence-corrected chi connectivity index (χ3v) is 5.41. The molecule has 0 saturated carbocycles.